The summed E-state index contributed by atoms with van der Waals surface area (Å²) in [4.78, 5) is 16.5. The van der Waals surface area contributed by atoms with Crippen molar-refractivity contribution in [3.8, 4) is 6.07 Å². The summed E-state index contributed by atoms with van der Waals surface area (Å²) in [6, 6.07) is 17.1. The quantitative estimate of drug-likeness (QED) is 0.881. The number of hydrogen-bond donors (Lipinski definition) is 1. The highest BCUT2D eigenvalue weighted by atomic mass is 16.2. The van der Waals surface area contributed by atoms with Crippen LogP contribution in [0.5, 0.6) is 0 Å². The molecule has 5 nitrogen and oxygen atoms in total. The predicted octanol–water partition coefficient (Wildman–Crippen LogP) is 3.08. The van der Waals surface area contributed by atoms with Crippen LogP contribution in [0.2, 0.25) is 0 Å². The van der Waals surface area contributed by atoms with E-state index in [9.17, 15) is 4.79 Å². The van der Waals surface area contributed by atoms with Gasteiger partial charge in [0, 0.05) is 26.3 Å². The minimum absolute atomic E-state index is 0.130. The highest BCUT2D eigenvalue weighted by Crippen LogP contribution is 2.16. The summed E-state index contributed by atoms with van der Waals surface area (Å²) in [5.74, 6) is -0.130. The Morgan fingerprint density at radius 3 is 2.36 bits per heavy atom. The molecule has 0 fully saturated rings. The number of amides is 1. The first-order valence-corrected chi connectivity index (χ1v) is 8.19. The number of nitriles is 1. The van der Waals surface area contributed by atoms with Gasteiger partial charge in [-0.3, -0.25) is 9.69 Å². The molecule has 1 N–H and O–H groups in total. The first-order valence-electron chi connectivity index (χ1n) is 8.19. The largest absolute Gasteiger partial charge is 0.378 e. The number of likely N-dealkylation sites (N-methyl/N-ethyl adjacent to an activating group) is 1. The Morgan fingerprint density at radius 1 is 1.12 bits per heavy atom. The smallest absolute Gasteiger partial charge is 0.241 e. The molecule has 0 aliphatic rings. The van der Waals surface area contributed by atoms with Crippen molar-refractivity contribution >= 4 is 17.3 Å². The Morgan fingerprint density at radius 2 is 1.76 bits per heavy atom. The first-order chi connectivity index (χ1) is 11.9. The number of hydrogen-bond acceptors (Lipinski definition) is 4. The summed E-state index contributed by atoms with van der Waals surface area (Å²) in [5.41, 5.74) is 3.30. The van der Waals surface area contributed by atoms with Crippen LogP contribution in [-0.2, 0) is 11.3 Å². The summed E-state index contributed by atoms with van der Waals surface area (Å²) in [5, 5.41) is 12.0. The molecule has 0 aliphatic heterocycles. The van der Waals surface area contributed by atoms with Gasteiger partial charge < -0.3 is 10.2 Å². The Balaban J connectivity index is 2.00. The summed E-state index contributed by atoms with van der Waals surface area (Å²) in [6.45, 7) is 2.53. The summed E-state index contributed by atoms with van der Waals surface area (Å²) in [7, 11) is 5.93. The van der Waals surface area contributed by atoms with Crippen LogP contribution in [0.3, 0.4) is 0 Å². The molecule has 0 saturated heterocycles. The topological polar surface area (TPSA) is 59.4 Å². The molecule has 2 aromatic rings. The molecule has 1 atom stereocenters. The van der Waals surface area contributed by atoms with Crippen LogP contribution in [0.15, 0.2) is 48.5 Å². The molecule has 2 rings (SSSR count). The van der Waals surface area contributed by atoms with Crippen molar-refractivity contribution in [2.24, 2.45) is 0 Å². The number of nitrogens with zero attached hydrogens (tertiary/aromatic N) is 3. The van der Waals surface area contributed by atoms with Crippen LogP contribution < -0.4 is 10.2 Å². The number of benzene rings is 2. The fourth-order valence-corrected chi connectivity index (χ4v) is 2.45. The molecule has 0 aromatic heterocycles. The zero-order chi connectivity index (χ0) is 18.4. The van der Waals surface area contributed by atoms with Crippen molar-refractivity contribution in [2.75, 3.05) is 31.4 Å². The lowest BCUT2D eigenvalue weighted by atomic mass is 10.1. The van der Waals surface area contributed by atoms with Crippen LogP contribution in [0.1, 0.15) is 18.1 Å². The third kappa shape index (κ3) is 4.82. The molecule has 5 heteroatoms. The van der Waals surface area contributed by atoms with Gasteiger partial charge in [0.2, 0.25) is 5.91 Å². The van der Waals surface area contributed by atoms with Gasteiger partial charge in [0.1, 0.15) is 6.07 Å². The maximum atomic E-state index is 12.5. The molecule has 130 valence electrons. The van der Waals surface area contributed by atoms with Gasteiger partial charge in [-0.05, 0) is 43.8 Å². The minimum atomic E-state index is -0.319. The molecule has 0 saturated carbocycles. The Kier molecular flexibility index (Phi) is 6.15. The number of para-hydroxylation sites is 1. The van der Waals surface area contributed by atoms with Crippen LogP contribution in [0, 0.1) is 11.3 Å². The van der Waals surface area contributed by atoms with Crippen molar-refractivity contribution in [1.82, 2.24) is 4.90 Å². The second kappa shape index (κ2) is 8.32. The first kappa shape index (κ1) is 18.5. The second-order valence-electron chi connectivity index (χ2n) is 6.30. The highest BCUT2D eigenvalue weighted by Gasteiger charge is 2.19. The van der Waals surface area contributed by atoms with Gasteiger partial charge in [-0.2, -0.15) is 5.26 Å². The Labute approximate surface area is 149 Å². The van der Waals surface area contributed by atoms with Gasteiger partial charge in [0.25, 0.3) is 0 Å². The lowest BCUT2D eigenvalue weighted by molar-refractivity contribution is -0.120. The number of nitrogens with one attached hydrogen (secondary N) is 1. The molecular weight excluding hydrogens is 312 g/mol. The van der Waals surface area contributed by atoms with E-state index in [1.54, 1.807) is 24.3 Å². The molecule has 0 heterocycles. The highest BCUT2D eigenvalue weighted by molar-refractivity contribution is 5.95. The normalized spacial score (nSPS) is 11.7. The number of carbonyl (C=O) groups is 1. The van der Waals surface area contributed by atoms with E-state index in [0.717, 1.165) is 11.3 Å². The van der Waals surface area contributed by atoms with Gasteiger partial charge in [0.05, 0.1) is 17.3 Å². The molecule has 0 radical (unpaired) electrons. The number of anilines is 2. The monoisotopic (exact) mass is 336 g/mol. The standard InChI is InChI=1S/C20H24N4O/c1-15(20(25)22-19-8-6-5-7-17(19)13-21)24(4)14-16-9-11-18(12-10-16)23(2)3/h5-12,15H,14H2,1-4H3,(H,22,25)/t15-/m0/s1. The van der Waals surface area contributed by atoms with Crippen molar-refractivity contribution in [1.29, 1.82) is 5.26 Å². The molecule has 0 bridgehead atoms. The second-order valence-corrected chi connectivity index (χ2v) is 6.30. The molecular formula is C20H24N4O. The van der Waals surface area contributed by atoms with E-state index < -0.39 is 0 Å². The van der Waals surface area contributed by atoms with E-state index in [4.69, 9.17) is 5.26 Å². The van der Waals surface area contributed by atoms with Gasteiger partial charge >= 0.3 is 0 Å². The summed E-state index contributed by atoms with van der Waals surface area (Å²) in [6.07, 6.45) is 0. The van der Waals surface area contributed by atoms with Crippen molar-refractivity contribution < 1.29 is 4.79 Å². The van der Waals surface area contributed by atoms with E-state index in [1.165, 1.54) is 0 Å². The molecule has 0 unspecified atom stereocenters. The van der Waals surface area contributed by atoms with Gasteiger partial charge in [-0.15, -0.1) is 0 Å². The molecule has 2 aromatic carbocycles. The summed E-state index contributed by atoms with van der Waals surface area (Å²) >= 11 is 0. The lowest BCUT2D eigenvalue weighted by Gasteiger charge is -2.24. The molecule has 0 spiro atoms. The predicted molar refractivity (Wildman–Crippen MR) is 101 cm³/mol. The zero-order valence-corrected chi connectivity index (χ0v) is 15.2. The van der Waals surface area contributed by atoms with E-state index in [1.807, 2.05) is 33.0 Å². The third-order valence-electron chi connectivity index (χ3n) is 4.23. The Bertz CT molecular complexity index is 762. The molecule has 1 amide bonds. The van der Waals surface area contributed by atoms with Gasteiger partial charge in [-0.25, -0.2) is 0 Å². The fraction of sp³-hybridized carbons (Fsp3) is 0.300. The molecule has 0 aliphatic carbocycles. The maximum absolute atomic E-state index is 12.5. The van der Waals surface area contributed by atoms with Crippen molar-refractivity contribution in [3.05, 3.63) is 59.7 Å². The third-order valence-corrected chi connectivity index (χ3v) is 4.23. The van der Waals surface area contributed by atoms with Gasteiger partial charge in [-0.1, -0.05) is 24.3 Å². The maximum Gasteiger partial charge on any atom is 0.241 e. The lowest BCUT2D eigenvalue weighted by Crippen LogP contribution is -2.39. The average Bonchev–Trinajstić information content (AvgIpc) is 2.61. The van der Waals surface area contributed by atoms with Crippen LogP contribution in [0.25, 0.3) is 0 Å². The van der Waals surface area contributed by atoms with Crippen LogP contribution >= 0.6 is 0 Å². The van der Waals surface area contributed by atoms with Crippen molar-refractivity contribution in [3.63, 3.8) is 0 Å². The Hall–Kier alpha value is -2.84. The summed E-state index contributed by atoms with van der Waals surface area (Å²) < 4.78 is 0. The minimum Gasteiger partial charge on any atom is -0.378 e. The number of rotatable bonds is 6. The van der Waals surface area contributed by atoms with E-state index >= 15 is 0 Å². The number of carbonyl (C=O) groups excluding carboxylic acids is 1. The zero-order valence-electron chi connectivity index (χ0n) is 15.2. The van der Waals surface area contributed by atoms with Crippen molar-refractivity contribution in [2.45, 2.75) is 19.5 Å². The average molecular weight is 336 g/mol. The van der Waals surface area contributed by atoms with Gasteiger partial charge in [0.15, 0.2) is 0 Å². The van der Waals surface area contributed by atoms with Crippen LogP contribution in [0.4, 0.5) is 11.4 Å². The van der Waals surface area contributed by atoms with Crippen LogP contribution in [-0.4, -0.2) is 38.0 Å². The van der Waals surface area contributed by atoms with E-state index in [-0.39, 0.29) is 11.9 Å². The van der Waals surface area contributed by atoms with E-state index in [2.05, 4.69) is 40.6 Å². The SMILES string of the molecule is C[C@@H](C(=O)Nc1ccccc1C#N)N(C)Cc1ccc(N(C)C)cc1. The van der Waals surface area contributed by atoms with E-state index in [0.29, 0.717) is 17.8 Å². The fourth-order valence-electron chi connectivity index (χ4n) is 2.45. The molecule has 25 heavy (non-hydrogen) atoms.